The third-order valence-electron chi connectivity index (χ3n) is 4.03. The van der Waals surface area contributed by atoms with Crippen molar-refractivity contribution in [1.29, 1.82) is 0 Å². The van der Waals surface area contributed by atoms with Crippen LogP contribution in [0.2, 0.25) is 0 Å². The van der Waals surface area contributed by atoms with Crippen molar-refractivity contribution in [2.24, 2.45) is 12.8 Å². The molecule has 0 atom stereocenters. The molecular formula is C14H21N5. The van der Waals surface area contributed by atoms with Crippen molar-refractivity contribution in [3.05, 3.63) is 18.0 Å². The molecule has 5 heteroatoms. The summed E-state index contributed by atoms with van der Waals surface area (Å²) in [5.74, 6) is 0. The first-order valence-electron chi connectivity index (χ1n) is 6.95. The summed E-state index contributed by atoms with van der Waals surface area (Å²) < 4.78 is 1.84. The molecule has 0 saturated heterocycles. The molecule has 0 radical (unpaired) electrons. The molecule has 0 unspecified atom stereocenters. The molecule has 0 amide bonds. The lowest BCUT2D eigenvalue weighted by Gasteiger charge is -2.27. The molecule has 5 nitrogen and oxygen atoms in total. The van der Waals surface area contributed by atoms with Crippen LogP contribution in [0.5, 0.6) is 0 Å². The maximum Gasteiger partial charge on any atom is 0.159 e. The van der Waals surface area contributed by atoms with Gasteiger partial charge < -0.3 is 11.1 Å². The first-order chi connectivity index (χ1) is 9.15. The maximum absolute atomic E-state index is 5.96. The minimum atomic E-state index is 0.385. The van der Waals surface area contributed by atoms with E-state index in [-0.39, 0.29) is 0 Å². The third kappa shape index (κ3) is 2.30. The number of rotatable bonds is 2. The number of hydrogen-bond donors (Lipinski definition) is 2. The first-order valence-corrected chi connectivity index (χ1v) is 6.95. The predicted molar refractivity (Wildman–Crippen MR) is 77.1 cm³/mol. The molecule has 2 aromatic heterocycles. The zero-order valence-corrected chi connectivity index (χ0v) is 11.6. The fraction of sp³-hybridized carbons (Fsp3) is 0.571. The Hall–Kier alpha value is -1.62. The third-order valence-corrected chi connectivity index (χ3v) is 4.03. The molecule has 1 aliphatic rings. The summed E-state index contributed by atoms with van der Waals surface area (Å²) in [7, 11) is 1.94. The number of nitrogens with two attached hydrogens (primary N) is 1. The highest BCUT2D eigenvalue weighted by atomic mass is 15.3. The van der Waals surface area contributed by atoms with Gasteiger partial charge in [0.2, 0.25) is 0 Å². The minimum Gasteiger partial charge on any atom is -0.382 e. The number of aryl methyl sites for hydroxylation is 2. The van der Waals surface area contributed by atoms with Crippen molar-refractivity contribution in [1.82, 2.24) is 14.8 Å². The quantitative estimate of drug-likeness (QED) is 0.865. The average molecular weight is 259 g/mol. The van der Waals surface area contributed by atoms with Crippen molar-refractivity contribution in [3.8, 4) is 0 Å². The minimum absolute atomic E-state index is 0.385. The Balaban J connectivity index is 1.89. The highest BCUT2D eigenvalue weighted by Gasteiger charge is 2.20. The van der Waals surface area contributed by atoms with E-state index in [1.165, 1.54) is 0 Å². The lowest BCUT2D eigenvalue weighted by Crippen LogP contribution is -2.32. The van der Waals surface area contributed by atoms with Crippen molar-refractivity contribution in [2.45, 2.75) is 44.7 Å². The maximum atomic E-state index is 5.96. The largest absolute Gasteiger partial charge is 0.382 e. The first kappa shape index (κ1) is 12.4. The molecule has 3 N–H and O–H groups in total. The van der Waals surface area contributed by atoms with E-state index in [1.54, 1.807) is 0 Å². The van der Waals surface area contributed by atoms with E-state index >= 15 is 0 Å². The van der Waals surface area contributed by atoms with Crippen LogP contribution in [0.25, 0.3) is 11.0 Å². The summed E-state index contributed by atoms with van der Waals surface area (Å²) in [6.45, 7) is 2.03. The molecule has 19 heavy (non-hydrogen) atoms. The zero-order valence-electron chi connectivity index (χ0n) is 11.6. The molecule has 1 saturated carbocycles. The predicted octanol–water partition coefficient (Wildman–Crippen LogP) is 1.96. The smallest absolute Gasteiger partial charge is 0.159 e. The van der Waals surface area contributed by atoms with Crippen molar-refractivity contribution < 1.29 is 0 Å². The van der Waals surface area contributed by atoms with E-state index in [9.17, 15) is 0 Å². The van der Waals surface area contributed by atoms with E-state index in [0.717, 1.165) is 48.1 Å². The van der Waals surface area contributed by atoms with E-state index in [1.807, 2.05) is 30.9 Å². The highest BCUT2D eigenvalue weighted by molar-refractivity contribution is 5.91. The Morgan fingerprint density at radius 3 is 2.79 bits per heavy atom. The van der Waals surface area contributed by atoms with Gasteiger partial charge in [-0.1, -0.05) is 0 Å². The molecular weight excluding hydrogens is 238 g/mol. The molecule has 2 heterocycles. The molecule has 0 aliphatic heterocycles. The normalized spacial score (nSPS) is 23.7. The van der Waals surface area contributed by atoms with Gasteiger partial charge in [0.25, 0.3) is 0 Å². The highest BCUT2D eigenvalue weighted by Crippen LogP contribution is 2.27. The summed E-state index contributed by atoms with van der Waals surface area (Å²) >= 11 is 0. The van der Waals surface area contributed by atoms with E-state index in [0.29, 0.717) is 12.1 Å². The van der Waals surface area contributed by atoms with E-state index in [4.69, 9.17) is 5.73 Å². The van der Waals surface area contributed by atoms with Crippen LogP contribution < -0.4 is 11.1 Å². The summed E-state index contributed by atoms with van der Waals surface area (Å²) in [5, 5.41) is 9.24. The van der Waals surface area contributed by atoms with Gasteiger partial charge >= 0.3 is 0 Å². The monoisotopic (exact) mass is 259 g/mol. The van der Waals surface area contributed by atoms with Crippen LogP contribution in [0.15, 0.2) is 12.3 Å². The lowest BCUT2D eigenvalue weighted by molar-refractivity contribution is 0.411. The Morgan fingerprint density at radius 2 is 2.05 bits per heavy atom. The molecule has 102 valence electrons. The summed E-state index contributed by atoms with van der Waals surface area (Å²) in [6, 6.07) is 2.95. The second kappa shape index (κ2) is 4.81. The van der Waals surface area contributed by atoms with Crippen LogP contribution in [-0.2, 0) is 7.05 Å². The molecule has 0 aromatic carbocycles. The number of anilines is 1. The van der Waals surface area contributed by atoms with Crippen LogP contribution in [0.3, 0.4) is 0 Å². The Kier molecular flexibility index (Phi) is 3.14. The number of pyridine rings is 1. The molecule has 1 aliphatic carbocycles. The lowest BCUT2D eigenvalue weighted by atomic mass is 9.91. The van der Waals surface area contributed by atoms with Crippen LogP contribution in [0.4, 0.5) is 5.69 Å². The van der Waals surface area contributed by atoms with Gasteiger partial charge in [0.1, 0.15) is 0 Å². The zero-order chi connectivity index (χ0) is 13.4. The van der Waals surface area contributed by atoms with Crippen LogP contribution in [-0.4, -0.2) is 26.8 Å². The van der Waals surface area contributed by atoms with Gasteiger partial charge in [-0.05, 0) is 38.7 Å². The molecule has 1 fully saturated rings. The number of aromatic nitrogens is 3. The second-order valence-electron chi connectivity index (χ2n) is 5.52. The molecule has 0 bridgehead atoms. The van der Waals surface area contributed by atoms with Gasteiger partial charge in [-0.25, -0.2) is 4.98 Å². The van der Waals surface area contributed by atoms with Gasteiger partial charge in [0.05, 0.1) is 11.1 Å². The van der Waals surface area contributed by atoms with Gasteiger partial charge in [0, 0.05) is 31.0 Å². The Bertz CT molecular complexity index is 581. The van der Waals surface area contributed by atoms with Gasteiger partial charge in [0.15, 0.2) is 5.65 Å². The van der Waals surface area contributed by atoms with Crippen molar-refractivity contribution in [2.75, 3.05) is 5.32 Å². The summed E-state index contributed by atoms with van der Waals surface area (Å²) in [4.78, 5) is 4.41. The summed E-state index contributed by atoms with van der Waals surface area (Å²) in [5.41, 5.74) is 9.07. The second-order valence-corrected chi connectivity index (χ2v) is 5.52. The van der Waals surface area contributed by atoms with Crippen LogP contribution in [0, 0.1) is 6.92 Å². The number of hydrogen-bond acceptors (Lipinski definition) is 4. The Morgan fingerprint density at radius 1 is 1.32 bits per heavy atom. The standard InChI is InChI=1S/C14H21N5/c1-9-13-12(7-8-16-14(13)19(2)18-9)17-11-5-3-10(15)4-6-11/h7-8,10-11H,3-6,15H2,1-2H3,(H,16,17). The van der Waals surface area contributed by atoms with Crippen molar-refractivity contribution >= 4 is 16.7 Å². The topological polar surface area (TPSA) is 68.8 Å². The number of fused-ring (bicyclic) bond motifs is 1. The van der Waals surface area contributed by atoms with Crippen LogP contribution >= 0.6 is 0 Å². The summed E-state index contributed by atoms with van der Waals surface area (Å²) in [6.07, 6.45) is 6.35. The Labute approximate surface area is 113 Å². The van der Waals surface area contributed by atoms with Gasteiger partial charge in [-0.3, -0.25) is 4.68 Å². The van der Waals surface area contributed by atoms with E-state index in [2.05, 4.69) is 15.4 Å². The fourth-order valence-electron chi connectivity index (χ4n) is 2.98. The molecule has 2 aromatic rings. The SMILES string of the molecule is Cc1nn(C)c2nccc(NC3CCC(N)CC3)c12. The van der Waals surface area contributed by atoms with E-state index < -0.39 is 0 Å². The fourth-order valence-corrected chi connectivity index (χ4v) is 2.98. The number of nitrogens with one attached hydrogen (secondary N) is 1. The number of nitrogens with zero attached hydrogens (tertiary/aromatic N) is 3. The van der Waals surface area contributed by atoms with Crippen LogP contribution in [0.1, 0.15) is 31.4 Å². The molecule has 0 spiro atoms. The average Bonchev–Trinajstić information content (AvgIpc) is 2.69. The van der Waals surface area contributed by atoms with Gasteiger partial charge in [-0.2, -0.15) is 5.10 Å². The van der Waals surface area contributed by atoms with Gasteiger partial charge in [-0.15, -0.1) is 0 Å². The molecule has 3 rings (SSSR count). The van der Waals surface area contributed by atoms with Crippen molar-refractivity contribution in [3.63, 3.8) is 0 Å².